The average molecular weight is 733 g/mol. The molecule has 16 heteroatoms. The average Bonchev–Trinajstić information content (AvgIpc) is 3.90. The van der Waals surface area contributed by atoms with Crippen molar-refractivity contribution in [3.63, 3.8) is 0 Å². The predicted octanol–water partition coefficient (Wildman–Crippen LogP) is 2.34. The number of H-pyrrole nitrogens is 1. The zero-order chi connectivity index (χ0) is 37.5. The standard InChI is InChI=1S/C36H44N8O7S/c1-21(2)14-27-33-41-29(20-52-33)32(47)40-28(15-24-16-37-26-9-7-6-8-25(24)26)36(50)43(5)17-30(45)38-22(3)34(48)42(4)11-12-44(18-31(46)39-27)35(49)23-10-13-51-19-23/h6-10,13,16,19-22,27-28,37H,11-12,14-15,17-18H2,1-5H3,(H,38,45)(H,39,46)(H,40,47)/t22-,27-,28+/m0/s1. The van der Waals surface area contributed by atoms with Gasteiger partial charge in [-0.25, -0.2) is 4.98 Å². The molecule has 3 aromatic heterocycles. The van der Waals surface area contributed by atoms with Crippen LogP contribution in [0.25, 0.3) is 10.9 Å². The van der Waals surface area contributed by atoms with Crippen molar-refractivity contribution in [2.45, 2.75) is 51.7 Å². The second-order valence-corrected chi connectivity index (χ2v) is 14.3. The van der Waals surface area contributed by atoms with Crippen molar-refractivity contribution in [3.05, 3.63) is 76.3 Å². The Balaban J connectivity index is 1.46. The van der Waals surface area contributed by atoms with Crippen LogP contribution in [0.4, 0.5) is 0 Å². The van der Waals surface area contributed by atoms with Gasteiger partial charge in [-0.05, 0) is 37.0 Å². The minimum absolute atomic E-state index is 0.00577. The number of furan rings is 1. The number of carbonyl (C=O) groups is 6. The maximum atomic E-state index is 13.9. The number of likely N-dealkylation sites (N-methyl/N-ethyl adjacent to an activating group) is 2. The van der Waals surface area contributed by atoms with Crippen LogP contribution in [0.5, 0.6) is 0 Å². The third-order valence-corrected chi connectivity index (χ3v) is 9.73. The van der Waals surface area contributed by atoms with Crippen LogP contribution in [0.3, 0.4) is 0 Å². The first kappa shape index (κ1) is 37.7. The molecule has 15 nitrogen and oxygen atoms in total. The molecule has 0 fully saturated rings. The van der Waals surface area contributed by atoms with Crippen molar-refractivity contribution in [1.82, 2.24) is 40.6 Å². The molecule has 5 rings (SSSR count). The molecule has 4 aromatic rings. The topological polar surface area (TPSA) is 190 Å². The number of benzene rings is 1. The van der Waals surface area contributed by atoms with E-state index < -0.39 is 53.6 Å². The normalized spacial score (nSPS) is 20.5. The molecule has 3 atom stereocenters. The van der Waals surface area contributed by atoms with Crippen LogP contribution in [-0.4, -0.2) is 112 Å². The largest absolute Gasteiger partial charge is 0.472 e. The van der Waals surface area contributed by atoms with E-state index in [0.29, 0.717) is 11.4 Å². The summed E-state index contributed by atoms with van der Waals surface area (Å²) in [6.07, 6.45) is 5.04. The number of hydrogen-bond donors (Lipinski definition) is 4. The summed E-state index contributed by atoms with van der Waals surface area (Å²) in [5, 5.41) is 11.4. The van der Waals surface area contributed by atoms with E-state index in [1.807, 2.05) is 38.1 Å². The monoisotopic (exact) mass is 732 g/mol. The molecular formula is C36H44N8O7S. The fourth-order valence-electron chi connectivity index (χ4n) is 6.05. The van der Waals surface area contributed by atoms with Crippen molar-refractivity contribution in [1.29, 1.82) is 0 Å². The van der Waals surface area contributed by atoms with E-state index in [2.05, 4.69) is 25.9 Å². The summed E-state index contributed by atoms with van der Waals surface area (Å²) in [6, 6.07) is 6.47. The van der Waals surface area contributed by atoms with Crippen LogP contribution in [0, 0.1) is 5.92 Å². The molecule has 0 saturated heterocycles. The first-order valence-corrected chi connectivity index (χ1v) is 17.9. The van der Waals surface area contributed by atoms with E-state index in [4.69, 9.17) is 4.42 Å². The first-order valence-electron chi connectivity index (χ1n) is 17.0. The van der Waals surface area contributed by atoms with Gasteiger partial charge in [0.05, 0.1) is 31.0 Å². The summed E-state index contributed by atoms with van der Waals surface area (Å²) in [5.74, 6) is -2.92. The van der Waals surface area contributed by atoms with Gasteiger partial charge in [0.1, 0.15) is 29.0 Å². The number of thiazole rings is 1. The summed E-state index contributed by atoms with van der Waals surface area (Å²) in [7, 11) is 2.99. The number of para-hydroxylation sites is 1. The van der Waals surface area contributed by atoms with Crippen molar-refractivity contribution in [3.8, 4) is 0 Å². The zero-order valence-corrected chi connectivity index (χ0v) is 30.6. The van der Waals surface area contributed by atoms with Gasteiger partial charge in [0.25, 0.3) is 11.8 Å². The zero-order valence-electron chi connectivity index (χ0n) is 29.8. The fraction of sp³-hybridized carbons (Fsp3) is 0.417. The molecule has 0 aliphatic carbocycles. The molecule has 0 saturated carbocycles. The quantitative estimate of drug-likeness (QED) is 0.241. The third-order valence-electron chi connectivity index (χ3n) is 8.77. The SMILES string of the molecule is CC(C)C[C@@H]1NC(=O)CN(C(=O)c2ccoc2)CCN(C)C(=O)[C@H](C)NC(=O)CN(C)C(=O)[C@@H](Cc2c[nH]c3ccccc23)NC(=O)c2csc1n2. The van der Waals surface area contributed by atoms with Crippen LogP contribution in [0.1, 0.15) is 64.7 Å². The molecule has 1 aromatic carbocycles. The highest BCUT2D eigenvalue weighted by molar-refractivity contribution is 7.09. The molecule has 0 spiro atoms. The molecule has 276 valence electrons. The molecular weight excluding hydrogens is 689 g/mol. The van der Waals surface area contributed by atoms with Crippen LogP contribution < -0.4 is 16.0 Å². The Hall–Kier alpha value is -5.51. The second-order valence-electron chi connectivity index (χ2n) is 13.4. The van der Waals surface area contributed by atoms with Gasteiger partial charge in [0.15, 0.2) is 0 Å². The van der Waals surface area contributed by atoms with Crippen LogP contribution in [0.2, 0.25) is 0 Å². The minimum atomic E-state index is -1.07. The maximum absolute atomic E-state index is 13.9. The van der Waals surface area contributed by atoms with Crippen molar-refractivity contribution < 1.29 is 33.2 Å². The second kappa shape index (κ2) is 16.7. The Labute approximate surface area is 305 Å². The summed E-state index contributed by atoms with van der Waals surface area (Å²) >= 11 is 1.20. The van der Waals surface area contributed by atoms with Gasteiger partial charge in [-0.2, -0.15) is 0 Å². The van der Waals surface area contributed by atoms with Gasteiger partial charge in [0.2, 0.25) is 23.6 Å². The first-order chi connectivity index (χ1) is 24.8. The summed E-state index contributed by atoms with van der Waals surface area (Å²) in [4.78, 5) is 92.6. The highest BCUT2D eigenvalue weighted by atomic mass is 32.1. The van der Waals surface area contributed by atoms with Gasteiger partial charge >= 0.3 is 0 Å². The number of fused-ring (bicyclic) bond motifs is 3. The molecule has 6 amide bonds. The van der Waals surface area contributed by atoms with E-state index in [1.165, 1.54) is 65.6 Å². The molecule has 52 heavy (non-hydrogen) atoms. The van der Waals surface area contributed by atoms with Crippen molar-refractivity contribution in [2.75, 3.05) is 40.3 Å². The molecule has 1 aliphatic rings. The summed E-state index contributed by atoms with van der Waals surface area (Å²) in [6.45, 7) is 4.87. The Morgan fingerprint density at radius 3 is 2.42 bits per heavy atom. The van der Waals surface area contributed by atoms with Gasteiger partial charge < -0.3 is 40.1 Å². The highest BCUT2D eigenvalue weighted by Crippen LogP contribution is 2.25. The number of carbonyl (C=O) groups excluding carboxylic acids is 6. The summed E-state index contributed by atoms with van der Waals surface area (Å²) < 4.78 is 5.09. The lowest BCUT2D eigenvalue weighted by Crippen LogP contribution is -2.53. The van der Waals surface area contributed by atoms with E-state index >= 15 is 0 Å². The van der Waals surface area contributed by atoms with Crippen molar-refractivity contribution >= 4 is 57.7 Å². The third kappa shape index (κ3) is 9.23. The number of nitrogens with one attached hydrogen (secondary N) is 4. The molecule has 4 N–H and O–H groups in total. The molecule has 4 heterocycles. The molecule has 2 bridgehead atoms. The Morgan fingerprint density at radius 2 is 1.69 bits per heavy atom. The Morgan fingerprint density at radius 1 is 0.942 bits per heavy atom. The van der Waals surface area contributed by atoms with Crippen LogP contribution in [-0.2, 0) is 25.6 Å². The van der Waals surface area contributed by atoms with E-state index in [-0.39, 0.29) is 49.8 Å². The summed E-state index contributed by atoms with van der Waals surface area (Å²) in [5.41, 5.74) is 1.97. The highest BCUT2D eigenvalue weighted by Gasteiger charge is 2.31. The molecule has 0 unspecified atom stereocenters. The Bertz CT molecular complexity index is 1920. The van der Waals surface area contributed by atoms with Gasteiger partial charge in [-0.1, -0.05) is 32.0 Å². The number of hydrogen-bond acceptors (Lipinski definition) is 9. The molecule has 0 radical (unpaired) electrons. The number of aromatic amines is 1. The van der Waals surface area contributed by atoms with Gasteiger partial charge in [-0.15, -0.1) is 11.3 Å². The molecule has 1 aliphatic heterocycles. The fourth-order valence-corrected chi connectivity index (χ4v) is 6.91. The number of rotatable bonds is 5. The lowest BCUT2D eigenvalue weighted by Gasteiger charge is -2.28. The number of nitrogens with zero attached hydrogens (tertiary/aromatic N) is 4. The van der Waals surface area contributed by atoms with Gasteiger partial charge in [0, 0.05) is 56.1 Å². The smallest absolute Gasteiger partial charge is 0.271 e. The number of amides is 6. The minimum Gasteiger partial charge on any atom is -0.472 e. The number of aromatic nitrogens is 2. The van der Waals surface area contributed by atoms with E-state index in [9.17, 15) is 28.8 Å². The van der Waals surface area contributed by atoms with Crippen molar-refractivity contribution in [2.24, 2.45) is 5.92 Å². The maximum Gasteiger partial charge on any atom is 0.271 e. The van der Waals surface area contributed by atoms with E-state index in [0.717, 1.165) is 16.5 Å². The van der Waals surface area contributed by atoms with Gasteiger partial charge in [-0.3, -0.25) is 28.8 Å². The van der Waals surface area contributed by atoms with Crippen LogP contribution in [0.15, 0.2) is 58.9 Å². The van der Waals surface area contributed by atoms with E-state index in [1.54, 1.807) is 11.6 Å². The lowest BCUT2D eigenvalue weighted by molar-refractivity contribution is -0.138. The van der Waals surface area contributed by atoms with Crippen LogP contribution >= 0.6 is 11.3 Å². The Kier molecular flexibility index (Phi) is 12.1. The predicted molar refractivity (Wildman–Crippen MR) is 193 cm³/mol. The lowest BCUT2D eigenvalue weighted by atomic mass is 10.0.